The molecule has 0 heterocycles. The zero-order valence-electron chi connectivity index (χ0n) is 11.2. The maximum absolute atomic E-state index is 12.1. The maximum atomic E-state index is 12.1. The van der Waals surface area contributed by atoms with Crippen LogP contribution in [-0.2, 0) is 9.59 Å². The van der Waals surface area contributed by atoms with Crippen molar-refractivity contribution in [3.63, 3.8) is 0 Å². The molecule has 0 aliphatic carbocycles. The van der Waals surface area contributed by atoms with E-state index in [0.29, 0.717) is 19.5 Å². The Bertz CT molecular complexity index is 254. The van der Waals surface area contributed by atoms with Crippen molar-refractivity contribution < 1.29 is 14.7 Å². The van der Waals surface area contributed by atoms with Gasteiger partial charge in [0.05, 0.1) is 0 Å². The number of carboxylic acids is 1. The van der Waals surface area contributed by atoms with E-state index in [1.807, 2.05) is 27.8 Å². The zero-order chi connectivity index (χ0) is 13.4. The van der Waals surface area contributed by atoms with Crippen molar-refractivity contribution in [2.45, 2.75) is 39.7 Å². The third-order valence-electron chi connectivity index (χ3n) is 2.63. The van der Waals surface area contributed by atoms with Crippen molar-refractivity contribution in [1.29, 1.82) is 0 Å². The first-order chi connectivity index (χ1) is 7.90. The molecule has 2 N–H and O–H groups in total. The molecule has 1 amide bonds. The summed E-state index contributed by atoms with van der Waals surface area (Å²) in [5.41, 5.74) is 0. The van der Waals surface area contributed by atoms with Crippen LogP contribution in [0.5, 0.6) is 0 Å². The molecule has 0 saturated heterocycles. The van der Waals surface area contributed by atoms with Gasteiger partial charge in [-0.25, -0.2) is 0 Å². The Labute approximate surface area is 103 Å². The van der Waals surface area contributed by atoms with Gasteiger partial charge >= 0.3 is 5.97 Å². The van der Waals surface area contributed by atoms with Gasteiger partial charge in [0.2, 0.25) is 5.91 Å². The van der Waals surface area contributed by atoms with Crippen molar-refractivity contribution in [3.05, 3.63) is 0 Å². The van der Waals surface area contributed by atoms with E-state index >= 15 is 0 Å². The van der Waals surface area contributed by atoms with E-state index < -0.39 is 5.97 Å². The van der Waals surface area contributed by atoms with Gasteiger partial charge in [-0.05, 0) is 27.3 Å². The van der Waals surface area contributed by atoms with Crippen molar-refractivity contribution in [3.8, 4) is 0 Å². The molecule has 5 nitrogen and oxygen atoms in total. The van der Waals surface area contributed by atoms with E-state index in [2.05, 4.69) is 5.32 Å². The summed E-state index contributed by atoms with van der Waals surface area (Å²) in [5, 5.41) is 11.6. The minimum Gasteiger partial charge on any atom is -0.481 e. The Morgan fingerprint density at radius 1 is 1.29 bits per heavy atom. The molecule has 0 aromatic carbocycles. The summed E-state index contributed by atoms with van der Waals surface area (Å²) in [6.45, 7) is 6.93. The molecular formula is C12H24N2O3. The topological polar surface area (TPSA) is 69.6 Å². The molecule has 17 heavy (non-hydrogen) atoms. The number of nitrogens with zero attached hydrogens (tertiary/aromatic N) is 1. The lowest BCUT2D eigenvalue weighted by atomic mass is 10.1. The van der Waals surface area contributed by atoms with E-state index in [-0.39, 0.29) is 24.3 Å². The van der Waals surface area contributed by atoms with Gasteiger partial charge in [-0.2, -0.15) is 0 Å². The molecular weight excluding hydrogens is 220 g/mol. The number of amides is 1. The van der Waals surface area contributed by atoms with Crippen molar-refractivity contribution in [2.75, 3.05) is 20.1 Å². The fourth-order valence-electron chi connectivity index (χ4n) is 1.70. The molecule has 0 saturated carbocycles. The van der Waals surface area contributed by atoms with Crippen molar-refractivity contribution in [1.82, 2.24) is 10.2 Å². The van der Waals surface area contributed by atoms with Gasteiger partial charge in [0.1, 0.15) is 0 Å². The van der Waals surface area contributed by atoms with E-state index in [1.54, 1.807) is 4.90 Å². The van der Waals surface area contributed by atoms with Crippen LogP contribution >= 0.6 is 0 Å². The molecule has 0 bridgehead atoms. The summed E-state index contributed by atoms with van der Waals surface area (Å²) in [7, 11) is 1.81. The maximum Gasteiger partial charge on any atom is 0.303 e. The highest BCUT2D eigenvalue weighted by Gasteiger charge is 2.21. The van der Waals surface area contributed by atoms with E-state index in [1.165, 1.54) is 0 Å². The largest absolute Gasteiger partial charge is 0.481 e. The molecule has 0 aromatic rings. The molecule has 100 valence electrons. The number of aliphatic carboxylic acids is 1. The minimum absolute atomic E-state index is 0.0766. The highest BCUT2D eigenvalue weighted by Crippen LogP contribution is 2.08. The summed E-state index contributed by atoms with van der Waals surface area (Å²) >= 11 is 0. The Morgan fingerprint density at radius 3 is 2.29 bits per heavy atom. The first-order valence-electron chi connectivity index (χ1n) is 6.07. The number of carbonyl (C=O) groups excluding carboxylic acids is 1. The summed E-state index contributed by atoms with van der Waals surface area (Å²) < 4.78 is 0. The third-order valence-corrected chi connectivity index (χ3v) is 2.63. The molecule has 0 spiro atoms. The second-order valence-electron chi connectivity index (χ2n) is 4.58. The molecule has 1 unspecified atom stereocenters. The fourth-order valence-corrected chi connectivity index (χ4v) is 1.70. The molecule has 0 radical (unpaired) electrons. The molecule has 0 rings (SSSR count). The summed E-state index contributed by atoms with van der Waals surface area (Å²) in [6, 6.07) is 0.107. The van der Waals surface area contributed by atoms with Gasteiger partial charge in [-0.1, -0.05) is 6.92 Å². The van der Waals surface area contributed by atoms with Gasteiger partial charge in [0.15, 0.2) is 0 Å². The number of hydrogen-bond acceptors (Lipinski definition) is 3. The Balaban J connectivity index is 4.31. The number of rotatable bonds is 8. The average molecular weight is 244 g/mol. The number of carboxylic acid groups (broad SMARTS) is 1. The SMILES string of the molecule is CNCC(C)C(=O)N(CCCC(=O)O)C(C)C. The summed E-state index contributed by atoms with van der Waals surface area (Å²) in [6.07, 6.45) is 0.614. The van der Waals surface area contributed by atoms with Crippen LogP contribution in [0.2, 0.25) is 0 Å². The van der Waals surface area contributed by atoms with Crippen LogP contribution in [-0.4, -0.2) is 48.1 Å². The van der Waals surface area contributed by atoms with Gasteiger partial charge in [-0.3, -0.25) is 9.59 Å². The van der Waals surface area contributed by atoms with Crippen LogP contribution < -0.4 is 5.32 Å². The normalized spacial score (nSPS) is 12.5. The highest BCUT2D eigenvalue weighted by atomic mass is 16.4. The monoisotopic (exact) mass is 244 g/mol. The lowest BCUT2D eigenvalue weighted by Crippen LogP contribution is -2.43. The Kier molecular flexibility index (Phi) is 7.54. The van der Waals surface area contributed by atoms with Crippen LogP contribution in [0.3, 0.4) is 0 Å². The van der Waals surface area contributed by atoms with Crippen molar-refractivity contribution >= 4 is 11.9 Å². The van der Waals surface area contributed by atoms with Gasteiger partial charge < -0.3 is 15.3 Å². The quantitative estimate of drug-likeness (QED) is 0.667. The van der Waals surface area contributed by atoms with Crippen LogP contribution in [0.4, 0.5) is 0 Å². The molecule has 0 fully saturated rings. The summed E-state index contributed by atoms with van der Waals surface area (Å²) in [4.78, 5) is 24.3. The fraction of sp³-hybridized carbons (Fsp3) is 0.833. The molecule has 0 aromatic heterocycles. The predicted molar refractivity (Wildman–Crippen MR) is 66.8 cm³/mol. The van der Waals surface area contributed by atoms with Gasteiger partial charge in [0.25, 0.3) is 0 Å². The minimum atomic E-state index is -0.815. The first-order valence-corrected chi connectivity index (χ1v) is 6.07. The lowest BCUT2D eigenvalue weighted by molar-refractivity contribution is -0.139. The Hall–Kier alpha value is -1.10. The molecule has 0 aliphatic rings. The molecule has 1 atom stereocenters. The number of hydrogen-bond donors (Lipinski definition) is 2. The van der Waals surface area contributed by atoms with E-state index in [0.717, 1.165) is 0 Å². The average Bonchev–Trinajstić information content (AvgIpc) is 2.23. The van der Waals surface area contributed by atoms with Gasteiger partial charge in [-0.15, -0.1) is 0 Å². The second-order valence-corrected chi connectivity index (χ2v) is 4.58. The standard InChI is InChI=1S/C12H24N2O3/c1-9(2)14(7-5-6-11(15)16)12(17)10(3)8-13-4/h9-10,13H,5-8H2,1-4H3,(H,15,16). The van der Waals surface area contributed by atoms with Gasteiger partial charge in [0, 0.05) is 31.5 Å². The van der Waals surface area contributed by atoms with Crippen molar-refractivity contribution in [2.24, 2.45) is 5.92 Å². The van der Waals surface area contributed by atoms with Crippen LogP contribution in [0.1, 0.15) is 33.6 Å². The van der Waals surface area contributed by atoms with Crippen LogP contribution in [0.25, 0.3) is 0 Å². The Morgan fingerprint density at radius 2 is 1.88 bits per heavy atom. The highest BCUT2D eigenvalue weighted by molar-refractivity contribution is 5.79. The van der Waals surface area contributed by atoms with Crippen LogP contribution in [0.15, 0.2) is 0 Å². The first kappa shape index (κ1) is 15.9. The van der Waals surface area contributed by atoms with E-state index in [9.17, 15) is 9.59 Å². The predicted octanol–water partition coefficient (Wildman–Crippen LogP) is 0.944. The summed E-state index contributed by atoms with van der Waals surface area (Å²) in [5.74, 6) is -0.809. The zero-order valence-corrected chi connectivity index (χ0v) is 11.2. The number of nitrogens with one attached hydrogen (secondary N) is 1. The van der Waals surface area contributed by atoms with Crippen LogP contribution in [0, 0.1) is 5.92 Å². The lowest BCUT2D eigenvalue weighted by Gasteiger charge is -2.29. The van der Waals surface area contributed by atoms with E-state index in [4.69, 9.17) is 5.11 Å². The molecule has 0 aliphatic heterocycles. The third kappa shape index (κ3) is 6.26. The second kappa shape index (κ2) is 8.06. The number of carbonyl (C=O) groups is 2. The molecule has 5 heteroatoms. The smallest absolute Gasteiger partial charge is 0.303 e.